The topological polar surface area (TPSA) is 16.1 Å². The highest BCUT2D eigenvalue weighted by Gasteiger charge is 1.94. The van der Waals surface area contributed by atoms with Crippen LogP contribution < -0.4 is 4.90 Å². The zero-order valence-corrected chi connectivity index (χ0v) is 12.6. The number of hydrogen-bond donors (Lipinski definition) is 0. The first-order valence-corrected chi connectivity index (χ1v) is 6.81. The van der Waals surface area contributed by atoms with Crippen molar-refractivity contribution in [1.29, 1.82) is 0 Å². The lowest BCUT2D eigenvalue weighted by Crippen LogP contribution is -2.07. The average Bonchev–Trinajstić information content (AvgIpc) is 2.37. The Morgan fingerprint density at radius 3 is 2.33 bits per heavy atom. The molecule has 0 aliphatic carbocycles. The number of hydrogen-bond acceptors (Lipinski definition) is 2. The molecule has 18 heavy (non-hydrogen) atoms. The fourth-order valence-corrected chi connectivity index (χ4v) is 2.07. The Labute approximate surface area is 121 Å². The van der Waals surface area contributed by atoms with E-state index in [0.29, 0.717) is 0 Å². The average molecular weight is 350 g/mol. The van der Waals surface area contributed by atoms with Crippen molar-refractivity contribution in [2.45, 2.75) is 0 Å². The molecular formula is C15H15IN2. The first-order valence-electron chi connectivity index (χ1n) is 5.73. The van der Waals surface area contributed by atoms with Crippen LogP contribution >= 0.6 is 22.6 Å². The highest BCUT2D eigenvalue weighted by atomic mass is 127. The lowest BCUT2D eigenvalue weighted by molar-refractivity contribution is 1.13. The SMILES string of the molecule is CN(C)c1ccc(/C=C/c2cccc(I)n2)cc1. The lowest BCUT2D eigenvalue weighted by atomic mass is 10.1. The van der Waals surface area contributed by atoms with Gasteiger partial charge in [-0.05, 0) is 58.5 Å². The summed E-state index contributed by atoms with van der Waals surface area (Å²) in [6, 6.07) is 14.5. The largest absolute Gasteiger partial charge is 0.378 e. The Hall–Kier alpha value is -1.36. The fraction of sp³-hybridized carbons (Fsp3) is 0.133. The van der Waals surface area contributed by atoms with E-state index < -0.39 is 0 Å². The lowest BCUT2D eigenvalue weighted by Gasteiger charge is -2.11. The predicted molar refractivity (Wildman–Crippen MR) is 86.7 cm³/mol. The molecule has 0 saturated carbocycles. The molecule has 0 unspecified atom stereocenters. The van der Waals surface area contributed by atoms with E-state index in [-0.39, 0.29) is 0 Å². The number of anilines is 1. The molecule has 0 N–H and O–H groups in total. The second kappa shape index (κ2) is 6.00. The zero-order valence-electron chi connectivity index (χ0n) is 10.5. The molecule has 2 aromatic rings. The molecule has 0 aliphatic heterocycles. The van der Waals surface area contributed by atoms with Crippen molar-refractivity contribution in [3.8, 4) is 0 Å². The number of aromatic nitrogens is 1. The predicted octanol–water partition coefficient (Wildman–Crippen LogP) is 3.92. The summed E-state index contributed by atoms with van der Waals surface area (Å²) in [6.07, 6.45) is 4.12. The molecule has 0 bridgehead atoms. The molecule has 3 heteroatoms. The van der Waals surface area contributed by atoms with Gasteiger partial charge in [0.1, 0.15) is 3.70 Å². The Morgan fingerprint density at radius 1 is 1.00 bits per heavy atom. The van der Waals surface area contributed by atoms with Gasteiger partial charge in [-0.25, -0.2) is 4.98 Å². The summed E-state index contributed by atoms with van der Waals surface area (Å²) in [5, 5.41) is 0. The first kappa shape index (κ1) is 13.1. The van der Waals surface area contributed by atoms with Gasteiger partial charge in [0.2, 0.25) is 0 Å². The maximum absolute atomic E-state index is 4.43. The monoisotopic (exact) mass is 350 g/mol. The number of nitrogens with zero attached hydrogens (tertiary/aromatic N) is 2. The molecule has 0 atom stereocenters. The van der Waals surface area contributed by atoms with E-state index in [9.17, 15) is 0 Å². The second-order valence-electron chi connectivity index (χ2n) is 4.20. The van der Waals surface area contributed by atoms with Gasteiger partial charge in [-0.15, -0.1) is 0 Å². The molecule has 1 aromatic heterocycles. The Bertz CT molecular complexity index is 545. The maximum Gasteiger partial charge on any atom is 0.102 e. The fourth-order valence-electron chi connectivity index (χ4n) is 1.58. The van der Waals surface area contributed by atoms with Crippen molar-refractivity contribution >= 4 is 40.4 Å². The normalized spacial score (nSPS) is 10.8. The van der Waals surface area contributed by atoms with Gasteiger partial charge in [-0.1, -0.05) is 24.3 Å². The van der Waals surface area contributed by atoms with Gasteiger partial charge in [-0.3, -0.25) is 0 Å². The van der Waals surface area contributed by atoms with Crippen LogP contribution in [0.3, 0.4) is 0 Å². The van der Waals surface area contributed by atoms with E-state index in [2.05, 4.69) is 62.8 Å². The van der Waals surface area contributed by atoms with E-state index in [0.717, 1.165) is 9.39 Å². The Morgan fingerprint density at radius 2 is 1.72 bits per heavy atom. The van der Waals surface area contributed by atoms with Gasteiger partial charge in [-0.2, -0.15) is 0 Å². The van der Waals surface area contributed by atoms with Gasteiger partial charge in [0.15, 0.2) is 0 Å². The standard InChI is InChI=1S/C15H15IN2/c1-18(2)14-10-7-12(8-11-14)6-9-13-4-3-5-15(16)17-13/h3-11H,1-2H3/b9-6+. The van der Waals surface area contributed by atoms with Crippen LogP contribution in [0.1, 0.15) is 11.3 Å². The Balaban J connectivity index is 2.14. The highest BCUT2D eigenvalue weighted by molar-refractivity contribution is 14.1. The van der Waals surface area contributed by atoms with E-state index >= 15 is 0 Å². The van der Waals surface area contributed by atoms with Crippen LogP contribution in [0.25, 0.3) is 12.2 Å². The van der Waals surface area contributed by atoms with Crippen molar-refractivity contribution < 1.29 is 0 Å². The second-order valence-corrected chi connectivity index (χ2v) is 5.31. The summed E-state index contributed by atoms with van der Waals surface area (Å²) >= 11 is 2.22. The van der Waals surface area contributed by atoms with Gasteiger partial charge >= 0.3 is 0 Å². The third kappa shape index (κ3) is 3.57. The third-order valence-corrected chi connectivity index (χ3v) is 3.19. The van der Waals surface area contributed by atoms with E-state index in [1.54, 1.807) is 0 Å². The summed E-state index contributed by atoms with van der Waals surface area (Å²) in [4.78, 5) is 6.52. The summed E-state index contributed by atoms with van der Waals surface area (Å²) in [7, 11) is 4.08. The minimum absolute atomic E-state index is 0.985. The molecule has 0 amide bonds. The van der Waals surface area contributed by atoms with Gasteiger partial charge < -0.3 is 4.90 Å². The molecule has 92 valence electrons. The van der Waals surface area contributed by atoms with Crippen LogP contribution in [0.4, 0.5) is 5.69 Å². The molecule has 2 rings (SSSR count). The van der Waals surface area contributed by atoms with Crippen molar-refractivity contribution in [2.75, 3.05) is 19.0 Å². The maximum atomic E-state index is 4.43. The molecule has 0 spiro atoms. The van der Waals surface area contributed by atoms with Crippen molar-refractivity contribution in [3.63, 3.8) is 0 Å². The van der Waals surface area contributed by atoms with Crippen molar-refractivity contribution in [2.24, 2.45) is 0 Å². The quantitative estimate of drug-likeness (QED) is 0.616. The molecule has 0 aliphatic rings. The van der Waals surface area contributed by atoms with Crippen molar-refractivity contribution in [3.05, 3.63) is 57.4 Å². The number of benzene rings is 1. The molecule has 1 heterocycles. The molecule has 0 fully saturated rings. The molecule has 0 radical (unpaired) electrons. The summed E-state index contributed by atoms with van der Waals surface area (Å²) < 4.78 is 1.01. The number of halogens is 1. The van der Waals surface area contributed by atoms with Crippen LogP contribution in [-0.2, 0) is 0 Å². The van der Waals surface area contributed by atoms with Gasteiger partial charge in [0.05, 0.1) is 5.69 Å². The molecule has 0 saturated heterocycles. The van der Waals surface area contributed by atoms with Crippen molar-refractivity contribution in [1.82, 2.24) is 4.98 Å². The van der Waals surface area contributed by atoms with Crippen LogP contribution in [-0.4, -0.2) is 19.1 Å². The molecular weight excluding hydrogens is 335 g/mol. The van der Waals surface area contributed by atoms with Gasteiger partial charge in [0, 0.05) is 19.8 Å². The number of rotatable bonds is 3. The summed E-state index contributed by atoms with van der Waals surface area (Å²) in [6.45, 7) is 0. The highest BCUT2D eigenvalue weighted by Crippen LogP contribution is 2.14. The Kier molecular flexibility index (Phi) is 4.36. The van der Waals surface area contributed by atoms with E-state index in [1.165, 1.54) is 11.3 Å². The number of pyridine rings is 1. The van der Waals surface area contributed by atoms with E-state index in [1.807, 2.05) is 38.4 Å². The van der Waals surface area contributed by atoms with Crippen LogP contribution in [0.5, 0.6) is 0 Å². The summed E-state index contributed by atoms with van der Waals surface area (Å²) in [5.74, 6) is 0. The molecule has 2 nitrogen and oxygen atoms in total. The van der Waals surface area contributed by atoms with Gasteiger partial charge in [0.25, 0.3) is 0 Å². The zero-order chi connectivity index (χ0) is 13.0. The first-order chi connectivity index (χ1) is 8.65. The van der Waals surface area contributed by atoms with Crippen LogP contribution in [0, 0.1) is 3.70 Å². The minimum Gasteiger partial charge on any atom is -0.378 e. The minimum atomic E-state index is 0.985. The van der Waals surface area contributed by atoms with Crippen LogP contribution in [0.15, 0.2) is 42.5 Å². The summed E-state index contributed by atoms with van der Waals surface area (Å²) in [5.41, 5.74) is 3.37. The van der Waals surface area contributed by atoms with E-state index in [4.69, 9.17) is 0 Å². The smallest absolute Gasteiger partial charge is 0.102 e. The molecule has 1 aromatic carbocycles. The third-order valence-electron chi connectivity index (χ3n) is 2.59. The van der Waals surface area contributed by atoms with Crippen LogP contribution in [0.2, 0.25) is 0 Å².